The first kappa shape index (κ1) is 13.1. The number of carbonyl (C=O) groups is 1. The molecule has 0 spiro atoms. The molecule has 10 heteroatoms. The summed E-state index contributed by atoms with van der Waals surface area (Å²) in [4.78, 5) is 13.4. The molecule has 0 aromatic carbocycles. The van der Waals surface area contributed by atoms with Crippen LogP contribution in [0, 0.1) is 0 Å². The molecule has 8 nitrogen and oxygen atoms in total. The molecule has 1 aromatic rings. The first-order chi connectivity index (χ1) is 8.41. The Morgan fingerprint density at radius 1 is 1.56 bits per heavy atom. The summed E-state index contributed by atoms with van der Waals surface area (Å²) in [5.41, 5.74) is 5.29. The number of amides is 1. The lowest BCUT2D eigenvalue weighted by Gasteiger charge is -2.33. The van der Waals surface area contributed by atoms with Crippen LogP contribution in [-0.2, 0) is 9.84 Å². The molecule has 2 heterocycles. The van der Waals surface area contributed by atoms with Gasteiger partial charge in [-0.15, -0.1) is 0 Å². The fourth-order valence-corrected chi connectivity index (χ4v) is 4.46. The molecule has 1 atom stereocenters. The number of hydrogen-bond acceptors (Lipinski definition) is 8. The molecule has 1 aromatic heterocycles. The lowest BCUT2D eigenvalue weighted by atomic mass is 10.3. The van der Waals surface area contributed by atoms with Crippen LogP contribution in [0.3, 0.4) is 0 Å². The number of nitrogens with two attached hydrogens (primary N) is 1. The summed E-state index contributed by atoms with van der Waals surface area (Å²) in [6, 6.07) is 0. The normalized spacial score (nSPS) is 20.9. The van der Waals surface area contributed by atoms with Crippen molar-refractivity contribution in [3.8, 4) is 0 Å². The van der Waals surface area contributed by atoms with Crippen LogP contribution >= 0.6 is 11.8 Å². The molecular formula is C8H12N4O4S2. The second kappa shape index (κ2) is 4.76. The van der Waals surface area contributed by atoms with E-state index in [1.54, 1.807) is 0 Å². The number of hydrogen-bond donors (Lipinski definition) is 1. The topological polar surface area (TPSA) is 119 Å². The highest BCUT2D eigenvalue weighted by atomic mass is 32.2. The number of aromatic nitrogens is 2. The van der Waals surface area contributed by atoms with Gasteiger partial charge >= 0.3 is 0 Å². The number of anilines is 1. The molecule has 1 unspecified atom stereocenters. The number of carbonyl (C=O) groups excluding carboxylic acids is 1. The number of rotatable bonds is 2. The third-order valence-electron chi connectivity index (χ3n) is 2.56. The molecule has 2 rings (SSSR count). The Balaban J connectivity index is 2.30. The Labute approximate surface area is 108 Å². The maximum absolute atomic E-state index is 12.1. The number of nitrogen functional groups attached to an aromatic ring is 1. The van der Waals surface area contributed by atoms with Gasteiger partial charge < -0.3 is 10.6 Å². The van der Waals surface area contributed by atoms with Gasteiger partial charge in [0.1, 0.15) is 5.37 Å². The second-order valence-corrected chi connectivity index (χ2v) is 7.21. The zero-order valence-corrected chi connectivity index (χ0v) is 11.2. The van der Waals surface area contributed by atoms with Gasteiger partial charge in [0.25, 0.3) is 5.91 Å². The van der Waals surface area contributed by atoms with Gasteiger partial charge in [-0.1, -0.05) is 0 Å². The lowest BCUT2D eigenvalue weighted by molar-refractivity contribution is 0.0739. The van der Waals surface area contributed by atoms with Gasteiger partial charge in [0.05, 0.1) is 0 Å². The van der Waals surface area contributed by atoms with E-state index in [1.165, 1.54) is 16.7 Å². The Hall–Kier alpha value is -1.29. The molecule has 1 amide bonds. The largest absolute Gasteiger partial charge is 0.379 e. The monoisotopic (exact) mass is 292 g/mol. The summed E-state index contributed by atoms with van der Waals surface area (Å²) < 4.78 is 27.7. The van der Waals surface area contributed by atoms with E-state index in [9.17, 15) is 13.2 Å². The minimum absolute atomic E-state index is 0.134. The highest BCUT2D eigenvalue weighted by molar-refractivity contribution is 8.00. The Morgan fingerprint density at radius 2 is 2.28 bits per heavy atom. The fraction of sp³-hybridized carbons (Fsp3) is 0.625. The van der Waals surface area contributed by atoms with E-state index in [1.807, 2.05) is 0 Å². The predicted octanol–water partition coefficient (Wildman–Crippen LogP) is -0.788. The Bertz CT molecular complexity index is 555. The molecule has 0 aliphatic carbocycles. The summed E-state index contributed by atoms with van der Waals surface area (Å²) >= 11 is 1.49. The van der Waals surface area contributed by atoms with E-state index in [0.29, 0.717) is 18.1 Å². The molecule has 1 fully saturated rings. The van der Waals surface area contributed by atoms with Crippen molar-refractivity contribution in [3.05, 3.63) is 5.69 Å². The average molecular weight is 292 g/mol. The van der Waals surface area contributed by atoms with Gasteiger partial charge in [-0.25, -0.2) is 13.0 Å². The first-order valence-electron chi connectivity index (χ1n) is 5.07. The standard InChI is InChI=1S/C8H12N4O4S2/c1-18(14,15)5-4-17-3-2-12(5)8(13)6-7(9)11-16-10-6/h5H,2-4H2,1H3,(H2,9,11). The highest BCUT2D eigenvalue weighted by Crippen LogP contribution is 2.22. The van der Waals surface area contributed by atoms with Crippen LogP contribution in [-0.4, -0.2) is 59.2 Å². The van der Waals surface area contributed by atoms with Crippen molar-refractivity contribution in [3.63, 3.8) is 0 Å². The zero-order chi connectivity index (χ0) is 13.3. The van der Waals surface area contributed by atoms with Crippen molar-refractivity contribution >= 4 is 33.3 Å². The molecule has 1 aliphatic rings. The van der Waals surface area contributed by atoms with Crippen LogP contribution in [0.1, 0.15) is 10.5 Å². The molecule has 0 saturated carbocycles. The van der Waals surface area contributed by atoms with Crippen molar-refractivity contribution in [2.75, 3.05) is 30.0 Å². The molecule has 100 valence electrons. The van der Waals surface area contributed by atoms with Gasteiger partial charge in [0, 0.05) is 24.3 Å². The molecule has 2 N–H and O–H groups in total. The van der Waals surface area contributed by atoms with Gasteiger partial charge in [0.2, 0.25) is 11.5 Å². The zero-order valence-electron chi connectivity index (χ0n) is 9.57. The van der Waals surface area contributed by atoms with Crippen LogP contribution in [0.15, 0.2) is 4.63 Å². The van der Waals surface area contributed by atoms with Crippen LogP contribution in [0.4, 0.5) is 5.82 Å². The molecule has 1 aliphatic heterocycles. The second-order valence-electron chi connectivity index (χ2n) is 3.86. The maximum Gasteiger partial charge on any atom is 0.281 e. The van der Waals surface area contributed by atoms with Gasteiger partial charge in [-0.05, 0) is 10.3 Å². The van der Waals surface area contributed by atoms with E-state index < -0.39 is 21.1 Å². The van der Waals surface area contributed by atoms with E-state index in [2.05, 4.69) is 14.9 Å². The van der Waals surface area contributed by atoms with Crippen molar-refractivity contribution < 1.29 is 17.8 Å². The third kappa shape index (κ3) is 2.43. The van der Waals surface area contributed by atoms with Gasteiger partial charge in [-0.3, -0.25) is 4.79 Å². The van der Waals surface area contributed by atoms with Gasteiger partial charge in [-0.2, -0.15) is 11.8 Å². The van der Waals surface area contributed by atoms with Gasteiger partial charge in [0.15, 0.2) is 9.84 Å². The van der Waals surface area contributed by atoms with Crippen molar-refractivity contribution in [2.45, 2.75) is 5.37 Å². The minimum atomic E-state index is -3.36. The molecule has 18 heavy (non-hydrogen) atoms. The van der Waals surface area contributed by atoms with Crippen molar-refractivity contribution in [2.24, 2.45) is 0 Å². The van der Waals surface area contributed by atoms with E-state index in [0.717, 1.165) is 6.26 Å². The van der Waals surface area contributed by atoms with Crippen molar-refractivity contribution in [1.29, 1.82) is 0 Å². The van der Waals surface area contributed by atoms with Crippen LogP contribution < -0.4 is 5.73 Å². The Morgan fingerprint density at radius 3 is 2.83 bits per heavy atom. The summed E-state index contributed by atoms with van der Waals surface area (Å²) in [7, 11) is -3.36. The van der Waals surface area contributed by atoms with Crippen LogP contribution in [0.5, 0.6) is 0 Å². The molecule has 1 saturated heterocycles. The summed E-state index contributed by atoms with van der Waals surface area (Å²) in [6.07, 6.45) is 1.11. The number of sulfone groups is 1. The number of thioether (sulfide) groups is 1. The molecule has 0 radical (unpaired) electrons. The van der Waals surface area contributed by atoms with Crippen LogP contribution in [0.2, 0.25) is 0 Å². The van der Waals surface area contributed by atoms with Crippen molar-refractivity contribution in [1.82, 2.24) is 15.2 Å². The predicted molar refractivity (Wildman–Crippen MR) is 65.7 cm³/mol. The van der Waals surface area contributed by atoms with E-state index in [4.69, 9.17) is 5.73 Å². The summed E-state index contributed by atoms with van der Waals surface area (Å²) in [6.45, 7) is 0.327. The summed E-state index contributed by atoms with van der Waals surface area (Å²) in [5, 5.41) is 5.85. The lowest BCUT2D eigenvalue weighted by Crippen LogP contribution is -2.50. The summed E-state index contributed by atoms with van der Waals surface area (Å²) in [5.74, 6) is 0.313. The smallest absolute Gasteiger partial charge is 0.281 e. The molecule has 0 bridgehead atoms. The minimum Gasteiger partial charge on any atom is -0.379 e. The maximum atomic E-state index is 12.1. The highest BCUT2D eigenvalue weighted by Gasteiger charge is 2.36. The Kier molecular flexibility index (Phi) is 3.48. The quantitative estimate of drug-likeness (QED) is 0.753. The fourth-order valence-electron chi connectivity index (χ4n) is 1.65. The average Bonchev–Trinajstić information content (AvgIpc) is 2.73. The van der Waals surface area contributed by atoms with E-state index in [-0.39, 0.29) is 11.5 Å². The van der Waals surface area contributed by atoms with E-state index >= 15 is 0 Å². The molecular weight excluding hydrogens is 280 g/mol. The van der Waals surface area contributed by atoms with Crippen LogP contribution in [0.25, 0.3) is 0 Å². The first-order valence-corrected chi connectivity index (χ1v) is 8.18. The number of nitrogens with zero attached hydrogens (tertiary/aromatic N) is 3. The SMILES string of the molecule is CS(=O)(=O)C1CSCCN1C(=O)c1nonc1N. The third-order valence-corrected chi connectivity index (χ3v) is 5.20.